The molecule has 0 saturated carbocycles. The van der Waals surface area contributed by atoms with Crippen LogP contribution in [0.25, 0.3) is 23.0 Å². The molecule has 0 radical (unpaired) electrons. The summed E-state index contributed by atoms with van der Waals surface area (Å²) in [6.45, 7) is 1.95. The number of nitrogens with zero attached hydrogens (tertiary/aromatic N) is 6. The van der Waals surface area contributed by atoms with Gasteiger partial charge in [-0.1, -0.05) is 17.7 Å². The minimum atomic E-state index is -0.513. The maximum Gasteiger partial charge on any atom is 0.247 e. The van der Waals surface area contributed by atoms with Crippen LogP contribution in [0.3, 0.4) is 0 Å². The molecule has 10 heteroatoms. The van der Waals surface area contributed by atoms with Crippen LogP contribution >= 0.6 is 35.6 Å². The van der Waals surface area contributed by atoms with Crippen molar-refractivity contribution in [1.82, 2.24) is 29.9 Å². The summed E-state index contributed by atoms with van der Waals surface area (Å²) in [5, 5.41) is 19.6. The summed E-state index contributed by atoms with van der Waals surface area (Å²) in [6, 6.07) is 7.22. The second kappa shape index (κ2) is 6.82. The van der Waals surface area contributed by atoms with Gasteiger partial charge in [0.05, 0.1) is 5.01 Å². The first kappa shape index (κ1) is 17.2. The van der Waals surface area contributed by atoms with Crippen LogP contribution in [0.15, 0.2) is 34.1 Å². The fraction of sp³-hybridized carbons (Fsp3) is 0.188. The Kier molecular flexibility index (Phi) is 4.51. The third-order valence-electron chi connectivity index (χ3n) is 3.75. The average molecular weight is 405 g/mol. The highest BCUT2D eigenvalue weighted by Gasteiger charge is 2.24. The molecule has 0 amide bonds. The van der Waals surface area contributed by atoms with Gasteiger partial charge in [-0.15, -0.1) is 31.7 Å². The molecule has 1 atom stereocenters. The molecule has 0 fully saturated rings. The van der Waals surface area contributed by atoms with Crippen LogP contribution in [-0.2, 0) is 7.05 Å². The van der Waals surface area contributed by atoms with Gasteiger partial charge in [-0.05, 0) is 25.1 Å². The number of hydrogen-bond donors (Lipinski definition) is 1. The molecule has 26 heavy (non-hydrogen) atoms. The molecule has 0 aliphatic rings. The number of thiol groups is 1. The van der Waals surface area contributed by atoms with Crippen LogP contribution in [0.2, 0.25) is 5.02 Å². The van der Waals surface area contributed by atoms with Gasteiger partial charge in [-0.3, -0.25) is 0 Å². The molecule has 1 aromatic carbocycles. The Hall–Kier alpha value is -2.23. The summed E-state index contributed by atoms with van der Waals surface area (Å²) in [5.74, 6) is 1.96. The van der Waals surface area contributed by atoms with E-state index in [1.807, 2.05) is 36.1 Å². The highest BCUT2D eigenvalue weighted by molar-refractivity contribution is 7.80. The average Bonchev–Trinajstić information content (AvgIpc) is 3.34. The van der Waals surface area contributed by atoms with Crippen molar-refractivity contribution < 1.29 is 4.42 Å². The molecule has 0 bridgehead atoms. The van der Waals surface area contributed by atoms with Crippen molar-refractivity contribution in [3.8, 4) is 23.0 Å². The molecule has 0 aliphatic carbocycles. The summed E-state index contributed by atoms with van der Waals surface area (Å²) >= 11 is 12.2. The molecule has 4 rings (SSSR count). The second-order valence-electron chi connectivity index (χ2n) is 5.55. The maximum atomic E-state index is 6.01. The fourth-order valence-electron chi connectivity index (χ4n) is 2.46. The van der Waals surface area contributed by atoms with Crippen molar-refractivity contribution in [2.45, 2.75) is 12.2 Å². The van der Waals surface area contributed by atoms with Crippen LogP contribution in [0.5, 0.6) is 0 Å². The maximum absolute atomic E-state index is 6.01. The van der Waals surface area contributed by atoms with E-state index in [0.717, 1.165) is 16.3 Å². The van der Waals surface area contributed by atoms with Gasteiger partial charge in [0.1, 0.15) is 10.9 Å². The number of thiazole rings is 1. The number of benzene rings is 1. The molecule has 1 unspecified atom stereocenters. The zero-order valence-electron chi connectivity index (χ0n) is 13.8. The highest BCUT2D eigenvalue weighted by atomic mass is 35.5. The molecule has 0 aliphatic heterocycles. The zero-order chi connectivity index (χ0) is 18.3. The summed E-state index contributed by atoms with van der Waals surface area (Å²) < 4.78 is 7.59. The monoisotopic (exact) mass is 404 g/mol. The van der Waals surface area contributed by atoms with Crippen molar-refractivity contribution in [2.75, 3.05) is 0 Å². The Morgan fingerprint density at radius 3 is 2.81 bits per heavy atom. The Morgan fingerprint density at radius 2 is 2.08 bits per heavy atom. The Labute approximate surface area is 163 Å². The number of hydrogen-bond acceptors (Lipinski definition) is 8. The van der Waals surface area contributed by atoms with Crippen LogP contribution in [0.1, 0.15) is 22.0 Å². The van der Waals surface area contributed by atoms with Crippen molar-refractivity contribution in [1.29, 1.82) is 0 Å². The first-order valence-corrected chi connectivity index (χ1v) is 9.39. The van der Waals surface area contributed by atoms with Gasteiger partial charge < -0.3 is 8.98 Å². The lowest BCUT2D eigenvalue weighted by molar-refractivity contribution is 0.508. The first-order valence-electron chi connectivity index (χ1n) is 7.62. The smallest absolute Gasteiger partial charge is 0.247 e. The van der Waals surface area contributed by atoms with Crippen LogP contribution in [-0.4, -0.2) is 29.9 Å². The fourth-order valence-corrected chi connectivity index (χ4v) is 3.57. The molecule has 0 spiro atoms. The van der Waals surface area contributed by atoms with Crippen LogP contribution < -0.4 is 0 Å². The molecule has 132 valence electrons. The quantitative estimate of drug-likeness (QED) is 0.518. The van der Waals surface area contributed by atoms with Crippen LogP contribution in [0.4, 0.5) is 0 Å². The van der Waals surface area contributed by atoms with E-state index in [1.165, 1.54) is 0 Å². The van der Waals surface area contributed by atoms with Gasteiger partial charge in [0, 0.05) is 23.0 Å². The van der Waals surface area contributed by atoms with Crippen molar-refractivity contribution >= 4 is 35.6 Å². The van der Waals surface area contributed by atoms with Gasteiger partial charge in [-0.2, -0.15) is 12.6 Å². The normalized spacial score (nSPS) is 12.5. The topological polar surface area (TPSA) is 82.5 Å². The molecule has 3 heterocycles. The number of aromatic nitrogens is 6. The second-order valence-corrected chi connectivity index (χ2v) is 7.57. The summed E-state index contributed by atoms with van der Waals surface area (Å²) in [5.41, 5.74) is 1.52. The van der Waals surface area contributed by atoms with Crippen molar-refractivity contribution in [2.24, 2.45) is 7.05 Å². The SMILES string of the molecule is Cc1nc(-c2nnc(C(S)c3nnc(-c4cccc(Cl)c4)o3)n2C)cs1. The van der Waals surface area contributed by atoms with E-state index in [1.54, 1.807) is 23.5 Å². The minimum Gasteiger partial charge on any atom is -0.419 e. The summed E-state index contributed by atoms with van der Waals surface area (Å²) in [4.78, 5) is 4.45. The third kappa shape index (κ3) is 3.13. The molecular weight excluding hydrogens is 392 g/mol. The standard InChI is InChI=1S/C16H13ClN6OS2/c1-8-18-11(7-26-8)13-19-20-14(23(13)2)12(25)16-22-21-15(24-16)9-4-3-5-10(17)6-9/h3-7,12,25H,1-2H3. The summed E-state index contributed by atoms with van der Waals surface area (Å²) in [7, 11) is 1.86. The Bertz CT molecular complexity index is 1070. The van der Waals surface area contributed by atoms with E-state index in [-0.39, 0.29) is 0 Å². The lowest BCUT2D eigenvalue weighted by atomic mass is 10.2. The first-order chi connectivity index (χ1) is 12.5. The minimum absolute atomic E-state index is 0.333. The number of aryl methyl sites for hydroxylation is 1. The van der Waals surface area contributed by atoms with Crippen LogP contribution in [0, 0.1) is 6.92 Å². The van der Waals surface area contributed by atoms with E-state index in [9.17, 15) is 0 Å². The lowest BCUT2D eigenvalue weighted by Crippen LogP contribution is -2.04. The van der Waals surface area contributed by atoms with Crippen molar-refractivity contribution in [3.05, 3.63) is 51.4 Å². The molecular formula is C16H13ClN6OS2. The lowest BCUT2D eigenvalue weighted by Gasteiger charge is -2.06. The van der Waals surface area contributed by atoms with Gasteiger partial charge in [-0.25, -0.2) is 4.98 Å². The van der Waals surface area contributed by atoms with E-state index in [2.05, 4.69) is 38.0 Å². The molecule has 0 N–H and O–H groups in total. The molecule has 3 aromatic heterocycles. The van der Waals surface area contributed by atoms with E-state index < -0.39 is 5.25 Å². The molecule has 0 saturated heterocycles. The Balaban J connectivity index is 1.65. The van der Waals surface area contributed by atoms with Gasteiger partial charge in [0.2, 0.25) is 11.8 Å². The Morgan fingerprint density at radius 1 is 1.23 bits per heavy atom. The van der Waals surface area contributed by atoms with Crippen molar-refractivity contribution in [3.63, 3.8) is 0 Å². The zero-order valence-corrected chi connectivity index (χ0v) is 16.3. The van der Waals surface area contributed by atoms with E-state index >= 15 is 0 Å². The van der Waals surface area contributed by atoms with E-state index in [0.29, 0.717) is 28.5 Å². The summed E-state index contributed by atoms with van der Waals surface area (Å²) in [6.07, 6.45) is 0. The third-order valence-corrected chi connectivity index (χ3v) is 5.21. The highest BCUT2D eigenvalue weighted by Crippen LogP contribution is 2.31. The predicted molar refractivity (Wildman–Crippen MR) is 102 cm³/mol. The predicted octanol–water partition coefficient (Wildman–Crippen LogP) is 3.97. The number of halogens is 1. The largest absolute Gasteiger partial charge is 0.419 e. The van der Waals surface area contributed by atoms with Gasteiger partial charge in [0.15, 0.2) is 11.6 Å². The van der Waals surface area contributed by atoms with Gasteiger partial charge in [0.25, 0.3) is 0 Å². The van der Waals surface area contributed by atoms with Gasteiger partial charge >= 0.3 is 0 Å². The number of rotatable bonds is 4. The van der Waals surface area contributed by atoms with E-state index in [4.69, 9.17) is 16.0 Å². The molecule has 4 aromatic rings. The molecule has 7 nitrogen and oxygen atoms in total.